The summed E-state index contributed by atoms with van der Waals surface area (Å²) in [5, 5.41) is 3.71. The maximum atomic E-state index is 12.1. The second-order valence-corrected chi connectivity index (χ2v) is 5.85. The number of nitrogens with zero attached hydrogens (tertiary/aromatic N) is 1. The van der Waals surface area contributed by atoms with E-state index in [1.807, 2.05) is 48.5 Å². The first-order valence-electron chi connectivity index (χ1n) is 8.35. The summed E-state index contributed by atoms with van der Waals surface area (Å²) in [6, 6.07) is 17.2. The molecular formula is C20H19N3O4. The number of aryl methyl sites for hydroxylation is 2. The SMILES string of the molecule is Cc1noc(C)c1C(=O)NNC(=O)COc1ccccc1-c1ccccc1. The van der Waals surface area contributed by atoms with Gasteiger partial charge in [0.15, 0.2) is 6.61 Å². The summed E-state index contributed by atoms with van der Waals surface area (Å²) in [4.78, 5) is 24.1. The quantitative estimate of drug-likeness (QED) is 0.678. The van der Waals surface area contributed by atoms with E-state index in [0.717, 1.165) is 11.1 Å². The lowest BCUT2D eigenvalue weighted by Gasteiger charge is -2.12. The summed E-state index contributed by atoms with van der Waals surface area (Å²) in [5.74, 6) is -0.0227. The number of para-hydroxylation sites is 1. The number of amides is 2. The van der Waals surface area contributed by atoms with Crippen LogP contribution in [0.25, 0.3) is 11.1 Å². The number of rotatable bonds is 5. The van der Waals surface area contributed by atoms with E-state index in [1.54, 1.807) is 19.9 Å². The van der Waals surface area contributed by atoms with Gasteiger partial charge >= 0.3 is 0 Å². The van der Waals surface area contributed by atoms with Gasteiger partial charge in [0.1, 0.15) is 17.1 Å². The Hall–Kier alpha value is -3.61. The molecule has 0 spiro atoms. The van der Waals surface area contributed by atoms with Crippen molar-refractivity contribution in [1.82, 2.24) is 16.0 Å². The molecule has 0 radical (unpaired) electrons. The first-order chi connectivity index (χ1) is 13.1. The average molecular weight is 365 g/mol. The number of nitrogens with one attached hydrogen (secondary N) is 2. The Bertz CT molecular complexity index is 931. The third-order valence-corrected chi connectivity index (χ3v) is 3.91. The van der Waals surface area contributed by atoms with Gasteiger partial charge in [0.2, 0.25) is 0 Å². The minimum Gasteiger partial charge on any atom is -0.483 e. The van der Waals surface area contributed by atoms with E-state index in [2.05, 4.69) is 16.0 Å². The van der Waals surface area contributed by atoms with Gasteiger partial charge in [-0.3, -0.25) is 20.4 Å². The predicted octanol–water partition coefficient (Wildman–Crippen LogP) is 2.80. The number of hydrogen-bond acceptors (Lipinski definition) is 5. The van der Waals surface area contributed by atoms with Gasteiger partial charge in [-0.05, 0) is 25.5 Å². The van der Waals surface area contributed by atoms with Crippen LogP contribution in [-0.2, 0) is 4.79 Å². The van der Waals surface area contributed by atoms with Crippen LogP contribution in [-0.4, -0.2) is 23.6 Å². The van der Waals surface area contributed by atoms with Crippen molar-refractivity contribution < 1.29 is 18.8 Å². The van der Waals surface area contributed by atoms with Crippen LogP contribution in [0.15, 0.2) is 59.1 Å². The summed E-state index contributed by atoms with van der Waals surface area (Å²) in [5.41, 5.74) is 7.27. The highest BCUT2D eigenvalue weighted by atomic mass is 16.5. The standard InChI is InChI=1S/C20H19N3O4/c1-13-19(14(2)27-23-13)20(25)22-21-18(24)12-26-17-11-7-6-10-16(17)15-8-4-3-5-9-15/h3-11H,12H2,1-2H3,(H,21,24)(H,22,25). The monoisotopic (exact) mass is 365 g/mol. The lowest BCUT2D eigenvalue weighted by atomic mass is 10.1. The number of hydrazine groups is 1. The molecule has 7 nitrogen and oxygen atoms in total. The molecule has 27 heavy (non-hydrogen) atoms. The summed E-state index contributed by atoms with van der Waals surface area (Å²) in [6.07, 6.45) is 0. The van der Waals surface area contributed by atoms with Crippen LogP contribution in [0.1, 0.15) is 21.8 Å². The molecule has 3 rings (SSSR count). The molecule has 0 atom stereocenters. The third-order valence-electron chi connectivity index (χ3n) is 3.91. The minimum atomic E-state index is -0.496. The molecule has 0 unspecified atom stereocenters. The van der Waals surface area contributed by atoms with Crippen molar-refractivity contribution in [1.29, 1.82) is 0 Å². The number of ether oxygens (including phenoxy) is 1. The maximum absolute atomic E-state index is 12.1. The highest BCUT2D eigenvalue weighted by Gasteiger charge is 2.18. The molecule has 2 amide bonds. The van der Waals surface area contributed by atoms with Crippen molar-refractivity contribution in [2.45, 2.75) is 13.8 Å². The van der Waals surface area contributed by atoms with Gasteiger partial charge in [0.05, 0.1) is 5.69 Å². The molecule has 138 valence electrons. The summed E-state index contributed by atoms with van der Waals surface area (Å²) in [7, 11) is 0. The topological polar surface area (TPSA) is 93.5 Å². The minimum absolute atomic E-state index is 0.244. The van der Waals surface area contributed by atoms with Crippen LogP contribution in [0.4, 0.5) is 0 Å². The first-order valence-corrected chi connectivity index (χ1v) is 8.35. The molecule has 0 aliphatic heterocycles. The van der Waals surface area contributed by atoms with Gasteiger partial charge < -0.3 is 9.26 Å². The van der Waals surface area contributed by atoms with Gasteiger partial charge in [-0.15, -0.1) is 0 Å². The zero-order chi connectivity index (χ0) is 19.2. The Morgan fingerprint density at radius 1 is 1.00 bits per heavy atom. The second kappa shape index (κ2) is 8.18. The lowest BCUT2D eigenvalue weighted by Crippen LogP contribution is -2.44. The maximum Gasteiger partial charge on any atom is 0.276 e. The highest BCUT2D eigenvalue weighted by Crippen LogP contribution is 2.29. The Balaban J connectivity index is 1.58. The Morgan fingerprint density at radius 2 is 1.70 bits per heavy atom. The number of carbonyl (C=O) groups excluding carboxylic acids is 2. The van der Waals surface area contributed by atoms with Crippen LogP contribution in [0.2, 0.25) is 0 Å². The zero-order valence-corrected chi connectivity index (χ0v) is 15.0. The van der Waals surface area contributed by atoms with Crippen LogP contribution < -0.4 is 15.6 Å². The first kappa shape index (κ1) is 18.2. The van der Waals surface area contributed by atoms with Crippen LogP contribution in [0, 0.1) is 13.8 Å². The molecular weight excluding hydrogens is 346 g/mol. The molecule has 0 aliphatic rings. The van der Waals surface area contributed by atoms with Crippen molar-refractivity contribution in [2.75, 3.05) is 6.61 Å². The fraction of sp³-hybridized carbons (Fsp3) is 0.150. The summed E-state index contributed by atoms with van der Waals surface area (Å²) >= 11 is 0. The number of benzene rings is 2. The van der Waals surface area contributed by atoms with E-state index < -0.39 is 11.8 Å². The number of hydrogen-bond donors (Lipinski definition) is 2. The van der Waals surface area contributed by atoms with Crippen molar-refractivity contribution in [3.8, 4) is 16.9 Å². The van der Waals surface area contributed by atoms with Crippen LogP contribution in [0.5, 0.6) is 5.75 Å². The predicted molar refractivity (Wildman–Crippen MR) is 99.0 cm³/mol. The number of carbonyl (C=O) groups is 2. The Labute approximate surface area is 156 Å². The largest absolute Gasteiger partial charge is 0.483 e. The third kappa shape index (κ3) is 4.33. The highest BCUT2D eigenvalue weighted by molar-refractivity contribution is 5.97. The van der Waals surface area contributed by atoms with E-state index in [0.29, 0.717) is 22.8 Å². The van der Waals surface area contributed by atoms with Crippen LogP contribution in [0.3, 0.4) is 0 Å². The summed E-state index contributed by atoms with van der Waals surface area (Å²) in [6.45, 7) is 3.03. The smallest absolute Gasteiger partial charge is 0.276 e. The van der Waals surface area contributed by atoms with Crippen molar-refractivity contribution in [3.63, 3.8) is 0 Å². The van der Waals surface area contributed by atoms with Gasteiger partial charge in [-0.2, -0.15) is 0 Å². The molecule has 7 heteroatoms. The molecule has 0 aliphatic carbocycles. The molecule has 3 aromatic rings. The van der Waals surface area contributed by atoms with Gasteiger partial charge in [0.25, 0.3) is 11.8 Å². The van der Waals surface area contributed by atoms with E-state index in [9.17, 15) is 9.59 Å². The van der Waals surface area contributed by atoms with Crippen molar-refractivity contribution in [3.05, 3.63) is 71.6 Å². The molecule has 0 fully saturated rings. The average Bonchev–Trinajstić information content (AvgIpc) is 3.03. The van der Waals surface area contributed by atoms with Crippen LogP contribution >= 0.6 is 0 Å². The van der Waals surface area contributed by atoms with Gasteiger partial charge in [-0.1, -0.05) is 53.7 Å². The van der Waals surface area contributed by atoms with E-state index in [-0.39, 0.29) is 6.61 Å². The van der Waals surface area contributed by atoms with Gasteiger partial charge in [0, 0.05) is 5.56 Å². The molecule has 1 heterocycles. The van der Waals surface area contributed by atoms with E-state index in [4.69, 9.17) is 9.26 Å². The Morgan fingerprint density at radius 3 is 2.41 bits per heavy atom. The Kier molecular flexibility index (Phi) is 5.51. The lowest BCUT2D eigenvalue weighted by molar-refractivity contribution is -0.123. The molecule has 2 aromatic carbocycles. The zero-order valence-electron chi connectivity index (χ0n) is 15.0. The normalized spacial score (nSPS) is 10.3. The van der Waals surface area contributed by atoms with E-state index in [1.165, 1.54) is 0 Å². The molecule has 0 saturated heterocycles. The molecule has 0 saturated carbocycles. The summed E-state index contributed by atoms with van der Waals surface area (Å²) < 4.78 is 10.6. The fourth-order valence-corrected chi connectivity index (χ4v) is 2.62. The van der Waals surface area contributed by atoms with Crippen molar-refractivity contribution >= 4 is 11.8 Å². The fourth-order valence-electron chi connectivity index (χ4n) is 2.62. The molecule has 1 aromatic heterocycles. The molecule has 0 bridgehead atoms. The second-order valence-electron chi connectivity index (χ2n) is 5.85. The van der Waals surface area contributed by atoms with E-state index >= 15 is 0 Å². The molecule has 2 N–H and O–H groups in total. The van der Waals surface area contributed by atoms with Crippen molar-refractivity contribution in [2.24, 2.45) is 0 Å². The van der Waals surface area contributed by atoms with Gasteiger partial charge in [-0.25, -0.2) is 0 Å². The number of aromatic nitrogens is 1.